The van der Waals surface area contributed by atoms with Crippen LogP contribution in [0.15, 0.2) is 23.0 Å². The topological polar surface area (TPSA) is 174 Å². The fourth-order valence-electron chi connectivity index (χ4n) is 7.47. The number of carbonyl (C=O) groups is 3. The fourth-order valence-corrected chi connectivity index (χ4v) is 7.47. The first-order valence-electron chi connectivity index (χ1n) is 13.8. The summed E-state index contributed by atoms with van der Waals surface area (Å²) >= 11 is 0. The lowest BCUT2D eigenvalue weighted by Crippen LogP contribution is -2.66. The highest BCUT2D eigenvalue weighted by molar-refractivity contribution is 6.24. The Labute approximate surface area is 232 Å². The second kappa shape index (κ2) is 9.90. The summed E-state index contributed by atoms with van der Waals surface area (Å²) < 4.78 is 5.87. The molecule has 0 spiro atoms. The molecule has 0 bridgehead atoms. The molecule has 1 saturated carbocycles. The number of phenols is 1. The van der Waals surface area contributed by atoms with Gasteiger partial charge in [0.15, 0.2) is 11.4 Å². The lowest BCUT2D eigenvalue weighted by Gasteiger charge is -2.50. The second-order valence-corrected chi connectivity index (χ2v) is 11.2. The highest BCUT2D eigenvalue weighted by atomic mass is 16.5. The van der Waals surface area contributed by atoms with Crippen LogP contribution in [0.5, 0.6) is 11.5 Å². The molecule has 4 aliphatic rings. The molecule has 1 unspecified atom stereocenters. The Bertz CT molecular complexity index is 1370. The van der Waals surface area contributed by atoms with Crippen LogP contribution in [0, 0.1) is 11.8 Å². The van der Waals surface area contributed by atoms with Gasteiger partial charge in [0, 0.05) is 28.7 Å². The maximum atomic E-state index is 14.0. The Morgan fingerprint density at radius 3 is 2.55 bits per heavy atom. The quantitative estimate of drug-likeness (QED) is 0.324. The van der Waals surface area contributed by atoms with E-state index in [0.717, 1.165) is 31.5 Å². The minimum absolute atomic E-state index is 0.0228. The molecule has 216 valence electrons. The molecule has 0 radical (unpaired) electrons. The monoisotopic (exact) mass is 555 g/mol. The van der Waals surface area contributed by atoms with Gasteiger partial charge in [0.1, 0.15) is 28.6 Å². The zero-order valence-corrected chi connectivity index (χ0v) is 23.2. The molecule has 11 heteroatoms. The molecule has 11 nitrogen and oxygen atoms in total. The summed E-state index contributed by atoms with van der Waals surface area (Å²) in [5, 5.41) is 45.5. The normalized spacial score (nSPS) is 30.4. The number of aromatic hydroxyl groups is 1. The highest BCUT2D eigenvalue weighted by Crippen LogP contribution is 2.55. The average molecular weight is 556 g/mol. The van der Waals surface area contributed by atoms with Crippen molar-refractivity contribution in [1.29, 1.82) is 0 Å². The van der Waals surface area contributed by atoms with Crippen LogP contribution >= 0.6 is 0 Å². The first kappa shape index (κ1) is 28.1. The van der Waals surface area contributed by atoms with Crippen molar-refractivity contribution in [2.45, 2.75) is 57.2 Å². The molecule has 1 aliphatic heterocycles. The van der Waals surface area contributed by atoms with Gasteiger partial charge in [-0.2, -0.15) is 0 Å². The highest BCUT2D eigenvalue weighted by Gasteiger charge is 2.64. The Morgan fingerprint density at radius 1 is 1.25 bits per heavy atom. The van der Waals surface area contributed by atoms with Crippen LogP contribution in [0.4, 0.5) is 0 Å². The SMILES string of the molecule is CCN1CCCC1c1cc(O)c2c(c1OC)C[C@H]1C[C@H]3[C@H](N(C)CC)C(=O)C(C(N)=O)=C(O)[C@@]3(O)C(=O)C1=C2O. The van der Waals surface area contributed by atoms with E-state index in [4.69, 9.17) is 10.5 Å². The summed E-state index contributed by atoms with van der Waals surface area (Å²) in [5.41, 5.74) is 3.14. The van der Waals surface area contributed by atoms with Crippen molar-refractivity contribution in [3.05, 3.63) is 39.7 Å². The van der Waals surface area contributed by atoms with E-state index >= 15 is 0 Å². The van der Waals surface area contributed by atoms with E-state index in [-0.39, 0.29) is 35.8 Å². The van der Waals surface area contributed by atoms with E-state index in [0.29, 0.717) is 17.9 Å². The molecule has 5 rings (SSSR count). The van der Waals surface area contributed by atoms with Gasteiger partial charge in [-0.05, 0) is 64.3 Å². The number of hydrogen-bond donors (Lipinski definition) is 5. The van der Waals surface area contributed by atoms with E-state index in [9.17, 15) is 34.8 Å². The van der Waals surface area contributed by atoms with Crippen LogP contribution in [0.25, 0.3) is 5.76 Å². The number of primary amides is 1. The van der Waals surface area contributed by atoms with Crippen LogP contribution < -0.4 is 10.5 Å². The van der Waals surface area contributed by atoms with E-state index < -0.39 is 58.0 Å². The van der Waals surface area contributed by atoms with E-state index in [1.165, 1.54) is 7.11 Å². The molecule has 2 fully saturated rings. The summed E-state index contributed by atoms with van der Waals surface area (Å²) in [6.45, 7) is 5.95. The largest absolute Gasteiger partial charge is 0.508 e. The van der Waals surface area contributed by atoms with E-state index in [1.807, 2.05) is 0 Å². The molecular weight excluding hydrogens is 518 g/mol. The minimum atomic E-state index is -2.66. The number of fused-ring (bicyclic) bond motifs is 3. The third-order valence-corrected chi connectivity index (χ3v) is 9.45. The number of methoxy groups -OCH3 is 1. The van der Waals surface area contributed by atoms with Crippen LogP contribution in [0.3, 0.4) is 0 Å². The number of nitrogens with zero attached hydrogens (tertiary/aromatic N) is 2. The van der Waals surface area contributed by atoms with Gasteiger partial charge in [-0.3, -0.25) is 24.2 Å². The number of carbonyl (C=O) groups excluding carboxylic acids is 3. The fraction of sp³-hybridized carbons (Fsp3) is 0.552. The van der Waals surface area contributed by atoms with Crippen LogP contribution in [-0.2, 0) is 20.8 Å². The predicted octanol–water partition coefficient (Wildman–Crippen LogP) is 1.52. The number of ketones is 2. The molecule has 3 aliphatic carbocycles. The number of amides is 1. The molecular formula is C29H37N3O8. The third-order valence-electron chi connectivity index (χ3n) is 9.45. The van der Waals surface area contributed by atoms with E-state index in [1.54, 1.807) is 24.9 Å². The third kappa shape index (κ3) is 3.71. The average Bonchev–Trinajstić information content (AvgIpc) is 3.39. The summed E-state index contributed by atoms with van der Waals surface area (Å²) in [7, 11) is 3.16. The van der Waals surface area contributed by atoms with Crippen molar-refractivity contribution in [3.63, 3.8) is 0 Å². The second-order valence-electron chi connectivity index (χ2n) is 11.2. The Balaban J connectivity index is 1.71. The Kier molecular flexibility index (Phi) is 6.96. The van der Waals surface area contributed by atoms with Crippen molar-refractivity contribution in [2.75, 3.05) is 33.8 Å². The molecule has 1 heterocycles. The first-order valence-corrected chi connectivity index (χ1v) is 13.8. The van der Waals surface area contributed by atoms with Crippen molar-refractivity contribution in [3.8, 4) is 11.5 Å². The van der Waals surface area contributed by atoms with Gasteiger partial charge in [0.05, 0.1) is 18.7 Å². The lowest BCUT2D eigenvalue weighted by atomic mass is 9.57. The number of likely N-dealkylation sites (N-methyl/N-ethyl adjacent to an activating group) is 1. The van der Waals surface area contributed by atoms with Crippen molar-refractivity contribution >= 4 is 23.2 Å². The summed E-state index contributed by atoms with van der Waals surface area (Å²) in [6, 6.07) is 0.474. The zero-order chi connectivity index (χ0) is 29.3. The zero-order valence-electron chi connectivity index (χ0n) is 23.2. The number of ether oxygens (including phenoxy) is 1. The van der Waals surface area contributed by atoms with Gasteiger partial charge < -0.3 is 30.9 Å². The molecule has 1 amide bonds. The summed E-state index contributed by atoms with van der Waals surface area (Å²) in [5.74, 6) is -6.11. The van der Waals surface area contributed by atoms with Gasteiger partial charge in [0.2, 0.25) is 5.78 Å². The predicted molar refractivity (Wildman–Crippen MR) is 145 cm³/mol. The van der Waals surface area contributed by atoms with Gasteiger partial charge in [0.25, 0.3) is 5.91 Å². The number of aliphatic hydroxyl groups is 3. The molecule has 5 atom stereocenters. The van der Waals surface area contributed by atoms with Crippen molar-refractivity contribution < 1.29 is 39.5 Å². The summed E-state index contributed by atoms with van der Waals surface area (Å²) in [6.07, 6.45) is 2.11. The number of aliphatic hydroxyl groups excluding tert-OH is 2. The first-order chi connectivity index (χ1) is 18.9. The maximum absolute atomic E-state index is 14.0. The van der Waals surface area contributed by atoms with E-state index in [2.05, 4.69) is 11.8 Å². The molecule has 40 heavy (non-hydrogen) atoms. The lowest BCUT2D eigenvalue weighted by molar-refractivity contribution is -0.154. The molecule has 1 saturated heterocycles. The summed E-state index contributed by atoms with van der Waals surface area (Å²) in [4.78, 5) is 43.5. The van der Waals surface area contributed by atoms with Crippen LogP contribution in [0.1, 0.15) is 55.8 Å². The van der Waals surface area contributed by atoms with Gasteiger partial charge in [-0.1, -0.05) is 13.8 Å². The number of phenolic OH excluding ortho intramolecular Hbond substituents is 1. The maximum Gasteiger partial charge on any atom is 0.255 e. The van der Waals surface area contributed by atoms with Crippen molar-refractivity contribution in [2.24, 2.45) is 17.6 Å². The standard InChI is InChI=1S/C29H37N3O8/c1-5-31(3)22-16-11-13-10-15-20(18(33)12-14(25(15)40-4)17-8-7-9-32(17)6-2)23(34)19(13)26(36)29(16,39)27(37)21(24(22)35)28(30)38/h12-13,16-17,22,33-34,37,39H,5-11H2,1-4H3,(H2,30,38)/t13-,16-,17?,22-,29-/m0/s1. The smallest absolute Gasteiger partial charge is 0.255 e. The molecule has 1 aromatic carbocycles. The number of likely N-dealkylation sites (tertiary alicyclic amines) is 1. The van der Waals surface area contributed by atoms with Crippen LogP contribution in [-0.4, -0.2) is 93.1 Å². The number of hydrogen-bond acceptors (Lipinski definition) is 10. The van der Waals surface area contributed by atoms with Gasteiger partial charge in [-0.25, -0.2) is 0 Å². The Morgan fingerprint density at radius 2 is 1.95 bits per heavy atom. The molecule has 6 N–H and O–H groups in total. The molecule has 1 aromatic rings. The van der Waals surface area contributed by atoms with Gasteiger partial charge in [-0.15, -0.1) is 0 Å². The number of Topliss-reactive ketones (excluding diaryl/α,β-unsaturated/α-hetero) is 2. The molecule has 0 aromatic heterocycles. The minimum Gasteiger partial charge on any atom is -0.508 e. The number of benzene rings is 1. The number of nitrogens with two attached hydrogens (primary N) is 1. The van der Waals surface area contributed by atoms with Crippen LogP contribution in [0.2, 0.25) is 0 Å². The van der Waals surface area contributed by atoms with Gasteiger partial charge >= 0.3 is 0 Å². The van der Waals surface area contributed by atoms with Crippen molar-refractivity contribution in [1.82, 2.24) is 9.80 Å². The number of rotatable bonds is 6. The Hall–Kier alpha value is -3.41.